The third-order valence-corrected chi connectivity index (χ3v) is 2.97. The van der Waals surface area contributed by atoms with E-state index in [-0.39, 0.29) is 11.4 Å². The molecule has 1 aliphatic heterocycles. The van der Waals surface area contributed by atoms with E-state index in [4.69, 9.17) is 4.74 Å². The van der Waals surface area contributed by atoms with Gasteiger partial charge < -0.3 is 9.84 Å². The summed E-state index contributed by atoms with van der Waals surface area (Å²) in [7, 11) is 0. The number of pyridine rings is 1. The van der Waals surface area contributed by atoms with Crippen molar-refractivity contribution in [2.45, 2.75) is 32.9 Å². The monoisotopic (exact) mass is 236 g/mol. The number of rotatable bonds is 2. The topological polar surface area (TPSA) is 45.6 Å². The summed E-state index contributed by atoms with van der Waals surface area (Å²) in [6.07, 6.45) is 0. The Morgan fingerprint density at radius 1 is 1.47 bits per heavy atom. The minimum absolute atomic E-state index is 0.113. The fraction of sp³-hybridized carbons (Fsp3) is 0.615. The van der Waals surface area contributed by atoms with E-state index in [1.807, 2.05) is 13.0 Å². The second-order valence-corrected chi connectivity index (χ2v) is 5.24. The van der Waals surface area contributed by atoms with Gasteiger partial charge in [-0.05, 0) is 32.9 Å². The summed E-state index contributed by atoms with van der Waals surface area (Å²) in [5.41, 5.74) is 1.57. The van der Waals surface area contributed by atoms with Gasteiger partial charge in [0.05, 0.1) is 17.9 Å². The summed E-state index contributed by atoms with van der Waals surface area (Å²) in [4.78, 5) is 6.65. The van der Waals surface area contributed by atoms with Gasteiger partial charge in [0.15, 0.2) is 0 Å². The zero-order chi connectivity index (χ0) is 12.5. The molecule has 1 fully saturated rings. The van der Waals surface area contributed by atoms with Crippen molar-refractivity contribution in [2.24, 2.45) is 0 Å². The van der Waals surface area contributed by atoms with Crippen LogP contribution in [0.3, 0.4) is 0 Å². The Labute approximate surface area is 102 Å². The number of ether oxygens (including phenoxy) is 1. The molecule has 4 nitrogen and oxygen atoms in total. The Balaban J connectivity index is 2.07. The molecule has 2 heterocycles. The minimum atomic E-state index is -0.113. The Bertz CT molecular complexity index is 404. The maximum absolute atomic E-state index is 9.78. The van der Waals surface area contributed by atoms with Crippen LogP contribution in [0.5, 0.6) is 5.75 Å². The average Bonchev–Trinajstić information content (AvgIpc) is 2.22. The van der Waals surface area contributed by atoms with E-state index < -0.39 is 0 Å². The van der Waals surface area contributed by atoms with Crippen LogP contribution < -0.4 is 0 Å². The highest BCUT2D eigenvalue weighted by Gasteiger charge is 2.27. The minimum Gasteiger partial charge on any atom is -0.506 e. The average molecular weight is 236 g/mol. The number of aromatic hydroxyl groups is 1. The van der Waals surface area contributed by atoms with Crippen molar-refractivity contribution in [2.75, 3.05) is 19.7 Å². The molecule has 2 rings (SSSR count). The van der Waals surface area contributed by atoms with Crippen LogP contribution in [0.1, 0.15) is 25.2 Å². The van der Waals surface area contributed by atoms with E-state index in [0.717, 1.165) is 31.1 Å². The van der Waals surface area contributed by atoms with Crippen LogP contribution in [0.2, 0.25) is 0 Å². The third kappa shape index (κ3) is 3.17. The quantitative estimate of drug-likeness (QED) is 0.849. The molecule has 0 bridgehead atoms. The maximum Gasteiger partial charge on any atom is 0.138 e. The zero-order valence-corrected chi connectivity index (χ0v) is 10.7. The van der Waals surface area contributed by atoms with E-state index >= 15 is 0 Å². The number of aryl methyl sites for hydroxylation is 1. The number of nitrogens with zero attached hydrogens (tertiary/aromatic N) is 2. The molecule has 0 spiro atoms. The molecule has 0 amide bonds. The van der Waals surface area contributed by atoms with E-state index in [9.17, 15) is 5.11 Å². The molecular formula is C13H20N2O2. The first-order valence-corrected chi connectivity index (χ1v) is 5.98. The first-order chi connectivity index (χ1) is 7.96. The van der Waals surface area contributed by atoms with Crippen LogP contribution in [-0.4, -0.2) is 40.3 Å². The lowest BCUT2D eigenvalue weighted by atomic mass is 10.1. The summed E-state index contributed by atoms with van der Waals surface area (Å²) >= 11 is 0. The fourth-order valence-electron chi connectivity index (χ4n) is 2.18. The molecule has 4 heteroatoms. The molecule has 0 radical (unpaired) electrons. The first-order valence-electron chi connectivity index (χ1n) is 5.98. The Kier molecular flexibility index (Phi) is 3.35. The van der Waals surface area contributed by atoms with Crippen LogP contribution in [-0.2, 0) is 11.3 Å². The molecule has 17 heavy (non-hydrogen) atoms. The smallest absolute Gasteiger partial charge is 0.138 e. The molecule has 1 aliphatic rings. The van der Waals surface area contributed by atoms with Gasteiger partial charge in [-0.1, -0.05) is 0 Å². The number of aromatic nitrogens is 1. The highest BCUT2D eigenvalue weighted by molar-refractivity contribution is 5.27. The molecule has 0 unspecified atom stereocenters. The SMILES string of the molecule is Cc1ccc(O)c(CN2CCOC(C)(C)C2)n1. The molecule has 1 saturated heterocycles. The lowest BCUT2D eigenvalue weighted by Crippen LogP contribution is -2.47. The van der Waals surface area contributed by atoms with Gasteiger partial charge in [-0.15, -0.1) is 0 Å². The van der Waals surface area contributed by atoms with Crippen LogP contribution in [0.15, 0.2) is 12.1 Å². The molecule has 0 aromatic carbocycles. The van der Waals surface area contributed by atoms with Crippen molar-refractivity contribution < 1.29 is 9.84 Å². The number of hydrogen-bond donors (Lipinski definition) is 1. The number of hydrogen-bond acceptors (Lipinski definition) is 4. The van der Waals surface area contributed by atoms with E-state index in [1.54, 1.807) is 6.07 Å². The Hall–Kier alpha value is -1.13. The third-order valence-electron chi connectivity index (χ3n) is 2.97. The molecule has 94 valence electrons. The van der Waals surface area contributed by atoms with E-state index in [1.165, 1.54) is 0 Å². The van der Waals surface area contributed by atoms with Gasteiger partial charge in [0, 0.05) is 25.3 Å². The molecule has 0 aliphatic carbocycles. The van der Waals surface area contributed by atoms with Crippen LogP contribution in [0.4, 0.5) is 0 Å². The second-order valence-electron chi connectivity index (χ2n) is 5.24. The van der Waals surface area contributed by atoms with Crippen LogP contribution >= 0.6 is 0 Å². The van der Waals surface area contributed by atoms with Gasteiger partial charge in [-0.25, -0.2) is 0 Å². The van der Waals surface area contributed by atoms with E-state index in [2.05, 4.69) is 23.7 Å². The van der Waals surface area contributed by atoms with Gasteiger partial charge in [-0.2, -0.15) is 0 Å². The number of morpholine rings is 1. The molecule has 0 saturated carbocycles. The van der Waals surface area contributed by atoms with Crippen molar-refractivity contribution in [1.82, 2.24) is 9.88 Å². The summed E-state index contributed by atoms with van der Waals surface area (Å²) in [5.74, 6) is 0.278. The molecule has 1 aromatic rings. The summed E-state index contributed by atoms with van der Waals surface area (Å²) < 4.78 is 5.66. The Morgan fingerprint density at radius 2 is 2.24 bits per heavy atom. The van der Waals surface area contributed by atoms with Gasteiger partial charge in [-0.3, -0.25) is 9.88 Å². The van der Waals surface area contributed by atoms with Crippen molar-refractivity contribution >= 4 is 0 Å². The molecular weight excluding hydrogens is 216 g/mol. The maximum atomic E-state index is 9.78. The second kappa shape index (κ2) is 4.63. The molecule has 0 atom stereocenters. The van der Waals surface area contributed by atoms with Crippen LogP contribution in [0, 0.1) is 6.92 Å². The molecule has 1 N–H and O–H groups in total. The highest BCUT2D eigenvalue weighted by atomic mass is 16.5. The van der Waals surface area contributed by atoms with Crippen molar-refractivity contribution in [3.8, 4) is 5.75 Å². The van der Waals surface area contributed by atoms with E-state index in [0.29, 0.717) is 6.54 Å². The normalized spacial score (nSPS) is 20.4. The Morgan fingerprint density at radius 3 is 2.94 bits per heavy atom. The molecule has 1 aromatic heterocycles. The summed E-state index contributed by atoms with van der Waals surface area (Å²) in [5, 5.41) is 9.78. The lowest BCUT2D eigenvalue weighted by molar-refractivity contribution is -0.0886. The fourth-order valence-corrected chi connectivity index (χ4v) is 2.18. The lowest BCUT2D eigenvalue weighted by Gasteiger charge is -2.38. The highest BCUT2D eigenvalue weighted by Crippen LogP contribution is 2.21. The first kappa shape index (κ1) is 12.3. The predicted octanol–water partition coefficient (Wildman–Crippen LogP) is 1.71. The predicted molar refractivity (Wildman–Crippen MR) is 65.9 cm³/mol. The van der Waals surface area contributed by atoms with Crippen molar-refractivity contribution in [3.63, 3.8) is 0 Å². The van der Waals surface area contributed by atoms with Gasteiger partial charge in [0.1, 0.15) is 5.75 Å². The summed E-state index contributed by atoms with van der Waals surface area (Å²) in [6.45, 7) is 9.28. The zero-order valence-electron chi connectivity index (χ0n) is 10.7. The van der Waals surface area contributed by atoms with Gasteiger partial charge in [0.2, 0.25) is 0 Å². The standard InChI is InChI=1S/C13H20N2O2/c1-10-4-5-12(16)11(14-10)8-15-6-7-17-13(2,3)9-15/h4-5,16H,6-9H2,1-3H3. The van der Waals surface area contributed by atoms with Gasteiger partial charge >= 0.3 is 0 Å². The summed E-state index contributed by atoms with van der Waals surface area (Å²) in [6, 6.07) is 3.53. The van der Waals surface area contributed by atoms with Crippen LogP contribution in [0.25, 0.3) is 0 Å². The van der Waals surface area contributed by atoms with Gasteiger partial charge in [0.25, 0.3) is 0 Å². The largest absolute Gasteiger partial charge is 0.506 e. The van der Waals surface area contributed by atoms with Crippen molar-refractivity contribution in [1.29, 1.82) is 0 Å². The van der Waals surface area contributed by atoms with Crippen molar-refractivity contribution in [3.05, 3.63) is 23.5 Å².